The quantitative estimate of drug-likeness (QED) is 0.889. The highest BCUT2D eigenvalue weighted by atomic mass is 35.5. The van der Waals surface area contributed by atoms with E-state index in [0.29, 0.717) is 18.4 Å². The first-order valence-corrected chi connectivity index (χ1v) is 7.65. The molecule has 1 heterocycles. The molecule has 0 spiro atoms. The first kappa shape index (κ1) is 15.4. The van der Waals surface area contributed by atoms with Gasteiger partial charge < -0.3 is 20.5 Å². The highest BCUT2D eigenvalue weighted by molar-refractivity contribution is 5.85. The third-order valence-electron chi connectivity index (χ3n) is 5.21. The van der Waals surface area contributed by atoms with Crippen molar-refractivity contribution in [3.8, 4) is 11.5 Å². The van der Waals surface area contributed by atoms with Crippen LogP contribution in [0.2, 0.25) is 0 Å². The van der Waals surface area contributed by atoms with Crippen LogP contribution in [0.1, 0.15) is 24.8 Å². The average molecular weight is 325 g/mol. The van der Waals surface area contributed by atoms with E-state index in [2.05, 4.69) is 5.32 Å². The van der Waals surface area contributed by atoms with Gasteiger partial charge in [0.15, 0.2) is 11.5 Å². The Morgan fingerprint density at radius 3 is 2.86 bits per heavy atom. The number of hydrogen-bond acceptors (Lipinski definition) is 4. The number of halogens is 1. The third kappa shape index (κ3) is 2.42. The zero-order valence-corrected chi connectivity index (χ0v) is 13.1. The maximum atomic E-state index is 12.5. The number of rotatable bonds is 3. The first-order valence-electron chi connectivity index (χ1n) is 7.65. The second kappa shape index (κ2) is 5.97. The molecule has 2 saturated carbocycles. The number of fused-ring (bicyclic) bond motifs is 3. The van der Waals surface area contributed by atoms with Crippen LogP contribution in [0.15, 0.2) is 18.2 Å². The minimum atomic E-state index is -0.0160. The van der Waals surface area contributed by atoms with Crippen molar-refractivity contribution in [3.63, 3.8) is 0 Å². The zero-order chi connectivity index (χ0) is 14.4. The van der Waals surface area contributed by atoms with Gasteiger partial charge in [-0.15, -0.1) is 12.4 Å². The maximum absolute atomic E-state index is 12.5. The summed E-state index contributed by atoms with van der Waals surface area (Å²) in [5, 5.41) is 3.03. The molecule has 22 heavy (non-hydrogen) atoms. The number of benzene rings is 1. The van der Waals surface area contributed by atoms with Gasteiger partial charge in [-0.1, -0.05) is 12.1 Å². The lowest BCUT2D eigenvalue weighted by molar-refractivity contribution is -0.127. The SMILES string of the molecule is Cl.NC1C2CCC(C2)C1C(=O)NCc1cccc2c1OCO2. The molecule has 120 valence electrons. The lowest BCUT2D eigenvalue weighted by atomic mass is 9.84. The third-order valence-corrected chi connectivity index (χ3v) is 5.21. The number of carbonyl (C=O) groups excluding carboxylic acids is 1. The molecule has 1 amide bonds. The molecular weight excluding hydrogens is 304 g/mol. The van der Waals surface area contributed by atoms with Crippen molar-refractivity contribution in [3.05, 3.63) is 23.8 Å². The molecule has 4 unspecified atom stereocenters. The Bertz CT molecular complexity index is 579. The molecule has 0 radical (unpaired) electrons. The summed E-state index contributed by atoms with van der Waals surface area (Å²) >= 11 is 0. The number of ether oxygens (including phenoxy) is 2. The van der Waals surface area contributed by atoms with Crippen LogP contribution in [-0.4, -0.2) is 18.7 Å². The van der Waals surface area contributed by atoms with Crippen molar-refractivity contribution < 1.29 is 14.3 Å². The largest absolute Gasteiger partial charge is 0.454 e. The predicted octanol–water partition coefficient (Wildman–Crippen LogP) is 1.83. The fraction of sp³-hybridized carbons (Fsp3) is 0.562. The predicted molar refractivity (Wildman–Crippen MR) is 84.0 cm³/mol. The normalized spacial score (nSPS) is 31.0. The molecule has 1 aromatic rings. The topological polar surface area (TPSA) is 73.6 Å². The first-order chi connectivity index (χ1) is 10.2. The summed E-state index contributed by atoms with van der Waals surface area (Å²) in [5.74, 6) is 2.59. The molecule has 6 heteroatoms. The van der Waals surface area contributed by atoms with Crippen molar-refractivity contribution in [1.29, 1.82) is 0 Å². The lowest BCUT2D eigenvalue weighted by Crippen LogP contribution is -2.45. The average Bonchev–Trinajstić information content (AvgIpc) is 3.19. The van der Waals surface area contributed by atoms with Gasteiger partial charge >= 0.3 is 0 Å². The van der Waals surface area contributed by atoms with E-state index in [0.717, 1.165) is 29.9 Å². The molecule has 3 N–H and O–H groups in total. The minimum absolute atomic E-state index is 0. The fourth-order valence-corrected chi connectivity index (χ4v) is 4.15. The lowest BCUT2D eigenvalue weighted by Gasteiger charge is -2.27. The van der Waals surface area contributed by atoms with Crippen molar-refractivity contribution >= 4 is 18.3 Å². The number of carbonyl (C=O) groups is 1. The van der Waals surface area contributed by atoms with Crippen LogP contribution < -0.4 is 20.5 Å². The van der Waals surface area contributed by atoms with E-state index < -0.39 is 0 Å². The zero-order valence-electron chi connectivity index (χ0n) is 12.3. The van der Waals surface area contributed by atoms with Gasteiger partial charge in [0, 0.05) is 18.2 Å². The van der Waals surface area contributed by atoms with Gasteiger partial charge in [-0.3, -0.25) is 4.79 Å². The van der Waals surface area contributed by atoms with E-state index in [9.17, 15) is 4.79 Å². The van der Waals surface area contributed by atoms with Gasteiger partial charge in [0.05, 0.1) is 5.92 Å². The highest BCUT2D eigenvalue weighted by Gasteiger charge is 2.48. The summed E-state index contributed by atoms with van der Waals surface area (Å²) in [5.41, 5.74) is 7.17. The molecule has 1 aliphatic heterocycles. The molecule has 3 aliphatic rings. The Hall–Kier alpha value is -1.46. The van der Waals surface area contributed by atoms with Gasteiger partial charge in [0.25, 0.3) is 0 Å². The standard InChI is InChI=1S/C16H20N2O3.ClH/c17-14-10-5-4-9(6-10)13(14)16(19)18-7-11-2-1-3-12-15(11)21-8-20-12;/h1-3,9-10,13-14H,4-8,17H2,(H,18,19);1H. The Morgan fingerprint density at radius 2 is 2.09 bits per heavy atom. The Balaban J connectivity index is 0.00000144. The van der Waals surface area contributed by atoms with E-state index in [-0.39, 0.29) is 37.1 Å². The molecule has 1 aromatic carbocycles. The summed E-state index contributed by atoms with van der Waals surface area (Å²) in [6.45, 7) is 0.712. The fourth-order valence-electron chi connectivity index (χ4n) is 4.15. The summed E-state index contributed by atoms with van der Waals surface area (Å²) in [7, 11) is 0. The molecule has 2 aliphatic carbocycles. The van der Waals surface area contributed by atoms with Gasteiger partial charge in [-0.2, -0.15) is 0 Å². The van der Waals surface area contributed by atoms with Crippen LogP contribution in [0, 0.1) is 17.8 Å². The van der Waals surface area contributed by atoms with E-state index in [4.69, 9.17) is 15.2 Å². The second-order valence-corrected chi connectivity index (χ2v) is 6.31. The molecule has 0 saturated heterocycles. The molecule has 0 aromatic heterocycles. The van der Waals surface area contributed by atoms with Gasteiger partial charge in [0.1, 0.15) is 0 Å². The molecule has 4 atom stereocenters. The number of amides is 1. The van der Waals surface area contributed by atoms with Crippen molar-refractivity contribution in [2.24, 2.45) is 23.5 Å². The number of hydrogen-bond donors (Lipinski definition) is 2. The van der Waals surface area contributed by atoms with Crippen LogP contribution >= 0.6 is 12.4 Å². The Kier molecular flexibility index (Phi) is 4.19. The Labute approximate surface area is 135 Å². The van der Waals surface area contributed by atoms with E-state index in [1.54, 1.807) is 0 Å². The van der Waals surface area contributed by atoms with Crippen LogP contribution in [-0.2, 0) is 11.3 Å². The van der Waals surface area contributed by atoms with Crippen molar-refractivity contribution in [2.75, 3.05) is 6.79 Å². The minimum Gasteiger partial charge on any atom is -0.454 e. The van der Waals surface area contributed by atoms with Gasteiger partial charge in [-0.25, -0.2) is 0 Å². The molecule has 2 fully saturated rings. The van der Waals surface area contributed by atoms with Crippen LogP contribution in [0.4, 0.5) is 0 Å². The Morgan fingerprint density at radius 1 is 1.27 bits per heavy atom. The van der Waals surface area contributed by atoms with Crippen LogP contribution in [0.5, 0.6) is 11.5 Å². The van der Waals surface area contributed by atoms with Crippen molar-refractivity contribution in [1.82, 2.24) is 5.32 Å². The van der Waals surface area contributed by atoms with Crippen LogP contribution in [0.25, 0.3) is 0 Å². The smallest absolute Gasteiger partial charge is 0.231 e. The van der Waals surface area contributed by atoms with Crippen molar-refractivity contribution in [2.45, 2.75) is 31.8 Å². The highest BCUT2D eigenvalue weighted by Crippen LogP contribution is 2.47. The molecule has 4 rings (SSSR count). The molecular formula is C16H21ClN2O3. The monoisotopic (exact) mass is 324 g/mol. The van der Waals surface area contributed by atoms with E-state index >= 15 is 0 Å². The molecule has 2 bridgehead atoms. The van der Waals surface area contributed by atoms with E-state index in [1.165, 1.54) is 6.42 Å². The summed E-state index contributed by atoms with van der Waals surface area (Å²) in [6.07, 6.45) is 3.46. The van der Waals surface area contributed by atoms with Gasteiger partial charge in [-0.05, 0) is 37.2 Å². The number of para-hydroxylation sites is 1. The van der Waals surface area contributed by atoms with Gasteiger partial charge in [0.2, 0.25) is 12.7 Å². The number of nitrogens with one attached hydrogen (secondary N) is 1. The maximum Gasteiger partial charge on any atom is 0.231 e. The number of nitrogens with two attached hydrogens (primary N) is 1. The molecule has 5 nitrogen and oxygen atoms in total. The van der Waals surface area contributed by atoms with Crippen LogP contribution in [0.3, 0.4) is 0 Å². The summed E-state index contributed by atoms with van der Waals surface area (Å²) < 4.78 is 10.8. The summed E-state index contributed by atoms with van der Waals surface area (Å²) in [6, 6.07) is 5.77. The second-order valence-electron chi connectivity index (χ2n) is 6.31. The summed E-state index contributed by atoms with van der Waals surface area (Å²) in [4.78, 5) is 12.5. The van der Waals surface area contributed by atoms with E-state index in [1.807, 2.05) is 18.2 Å².